The van der Waals surface area contributed by atoms with Crippen LogP contribution in [0.1, 0.15) is 0 Å². The van der Waals surface area contributed by atoms with Gasteiger partial charge in [-0.05, 0) is 40.7 Å². The van der Waals surface area contributed by atoms with Gasteiger partial charge in [-0.1, -0.05) is 0 Å². The lowest BCUT2D eigenvalue weighted by molar-refractivity contribution is -0.627. The van der Waals surface area contributed by atoms with Gasteiger partial charge in [-0.2, -0.15) is 0 Å². The Morgan fingerprint density at radius 1 is 1.13 bits per heavy atom. The smallest absolute Gasteiger partial charge is 0.409 e. The summed E-state index contributed by atoms with van der Waals surface area (Å²) in [5.74, 6) is 0.843. The normalized spacial score (nSPS) is 11.3. The summed E-state index contributed by atoms with van der Waals surface area (Å²) >= 11 is 1.59. The number of rotatable bonds is 4. The molecule has 0 saturated heterocycles. The van der Waals surface area contributed by atoms with Crippen LogP contribution in [0.3, 0.4) is 0 Å². The van der Waals surface area contributed by atoms with Crippen LogP contribution in [0.25, 0.3) is 10.2 Å². The third kappa shape index (κ3) is 3.12. The van der Waals surface area contributed by atoms with Gasteiger partial charge < -0.3 is 4.74 Å². The third-order valence-electron chi connectivity index (χ3n) is 3.56. The molecule has 1 aromatic heterocycles. The van der Waals surface area contributed by atoms with E-state index in [1.54, 1.807) is 23.0 Å². The lowest BCUT2D eigenvalue weighted by Gasteiger charge is -1.96. The maximum atomic E-state index is 5.27. The lowest BCUT2D eigenvalue weighted by atomic mass is 10.3. The van der Waals surface area contributed by atoms with Gasteiger partial charge in [0.2, 0.25) is 5.69 Å². The van der Waals surface area contributed by atoms with E-state index in [2.05, 4.69) is 16.9 Å². The summed E-state index contributed by atoms with van der Waals surface area (Å²) in [4.78, 5) is 0. The number of hydrogen-bond acceptors (Lipinski definition) is 4. The number of aryl methyl sites for hydroxylation is 1. The minimum Gasteiger partial charge on any atom is -0.497 e. The first-order valence-corrected chi connectivity index (χ1v) is 7.93. The minimum absolute atomic E-state index is 0.811. The molecule has 23 heavy (non-hydrogen) atoms. The van der Waals surface area contributed by atoms with Crippen molar-refractivity contribution in [2.75, 3.05) is 14.2 Å². The maximum Gasteiger partial charge on any atom is 0.409 e. The average molecular weight is 326 g/mol. The van der Waals surface area contributed by atoms with E-state index < -0.39 is 0 Å². The van der Waals surface area contributed by atoms with Crippen molar-refractivity contribution in [3.05, 3.63) is 42.5 Å². The average Bonchev–Trinajstić information content (AvgIpc) is 2.88. The summed E-state index contributed by atoms with van der Waals surface area (Å²) in [6.07, 6.45) is 0. The number of nitrogens with zero attached hydrogens (tertiary/aromatic N) is 4. The lowest BCUT2D eigenvalue weighted by Crippen LogP contribution is -2.25. The molecule has 116 valence electrons. The van der Waals surface area contributed by atoms with E-state index in [1.165, 1.54) is 0 Å². The summed E-state index contributed by atoms with van der Waals surface area (Å²) in [7, 11) is 5.56. The van der Waals surface area contributed by atoms with Crippen molar-refractivity contribution in [3.63, 3.8) is 0 Å². The number of thiazole rings is 1. The molecular formula is C17H18N4OS+2. The molecule has 1 heterocycles. The van der Waals surface area contributed by atoms with E-state index in [4.69, 9.17) is 4.74 Å². The fraction of sp³-hybridized carbons (Fsp3) is 0.176. The Balaban J connectivity index is 1.91. The number of methoxy groups -OCH3 is 1. The van der Waals surface area contributed by atoms with E-state index in [1.807, 2.05) is 61.1 Å². The van der Waals surface area contributed by atoms with Crippen molar-refractivity contribution < 1.29 is 13.9 Å². The molecule has 0 saturated carbocycles. The van der Waals surface area contributed by atoms with E-state index >= 15 is 0 Å². The van der Waals surface area contributed by atoms with Gasteiger partial charge in [0.15, 0.2) is 0 Å². The summed E-state index contributed by atoms with van der Waals surface area (Å²) in [6, 6.07) is 13.8. The molecule has 0 aliphatic carbocycles. The van der Waals surface area contributed by atoms with Crippen molar-refractivity contribution in [1.82, 2.24) is 0 Å². The number of ether oxygens (including phenoxy) is 1. The number of aromatic nitrogens is 1. The van der Waals surface area contributed by atoms with Crippen LogP contribution in [0.15, 0.2) is 52.7 Å². The van der Waals surface area contributed by atoms with Crippen molar-refractivity contribution in [2.45, 2.75) is 0 Å². The number of azo groups is 1. The van der Waals surface area contributed by atoms with Gasteiger partial charge in [0.25, 0.3) is 0 Å². The Kier molecular flexibility index (Phi) is 4.16. The fourth-order valence-corrected chi connectivity index (χ4v) is 3.21. The first-order chi connectivity index (χ1) is 11.1. The third-order valence-corrected chi connectivity index (χ3v) is 4.64. The van der Waals surface area contributed by atoms with E-state index in [0.29, 0.717) is 0 Å². The van der Waals surface area contributed by atoms with Crippen molar-refractivity contribution in [2.24, 2.45) is 17.3 Å². The van der Waals surface area contributed by atoms with E-state index in [0.717, 1.165) is 32.5 Å². The van der Waals surface area contributed by atoms with Gasteiger partial charge >= 0.3 is 5.13 Å². The van der Waals surface area contributed by atoms with Gasteiger partial charge in [0, 0.05) is 18.2 Å². The first-order valence-electron chi connectivity index (χ1n) is 7.11. The largest absolute Gasteiger partial charge is 0.497 e. The molecule has 5 nitrogen and oxygen atoms in total. The monoisotopic (exact) mass is 326 g/mol. The quantitative estimate of drug-likeness (QED) is 0.404. The summed E-state index contributed by atoms with van der Waals surface area (Å²) in [5.41, 5.74) is 2.95. The fourth-order valence-electron chi connectivity index (χ4n) is 2.21. The zero-order valence-electron chi connectivity index (χ0n) is 13.4. The molecule has 0 spiro atoms. The van der Waals surface area contributed by atoms with Crippen LogP contribution in [-0.2, 0) is 7.05 Å². The van der Waals surface area contributed by atoms with Crippen LogP contribution in [0.5, 0.6) is 5.75 Å². The molecule has 3 rings (SSSR count). The predicted octanol–water partition coefficient (Wildman–Crippen LogP) is 4.12. The molecule has 6 heteroatoms. The van der Waals surface area contributed by atoms with Gasteiger partial charge in [0.1, 0.15) is 30.7 Å². The molecule has 0 unspecified atom stereocenters. The van der Waals surface area contributed by atoms with Gasteiger partial charge in [0.05, 0.1) is 24.0 Å². The van der Waals surface area contributed by atoms with Crippen LogP contribution in [0.2, 0.25) is 0 Å². The zero-order valence-corrected chi connectivity index (χ0v) is 14.2. The Labute approximate surface area is 138 Å². The van der Waals surface area contributed by atoms with Gasteiger partial charge in [-0.25, -0.2) is 9.14 Å². The highest BCUT2D eigenvalue weighted by Crippen LogP contribution is 2.30. The molecule has 0 aliphatic heterocycles. The molecule has 3 aromatic rings. The maximum absolute atomic E-state index is 5.27. The molecule has 0 aliphatic rings. The van der Waals surface area contributed by atoms with E-state index in [-0.39, 0.29) is 0 Å². The molecule has 0 atom stereocenters. The van der Waals surface area contributed by atoms with Crippen molar-refractivity contribution >= 4 is 44.8 Å². The number of benzene rings is 2. The number of hydrogen-bond donors (Lipinski definition) is 0. The molecule has 0 amide bonds. The highest BCUT2D eigenvalue weighted by Gasteiger charge is 2.16. The van der Waals surface area contributed by atoms with Crippen molar-refractivity contribution in [1.29, 1.82) is 0 Å². The topological polar surface area (TPSA) is 40.8 Å². The summed E-state index contributed by atoms with van der Waals surface area (Å²) in [6.45, 7) is 3.85. The second kappa shape index (κ2) is 6.26. The molecule has 0 radical (unpaired) electrons. The standard InChI is InChI=1S/C17H18N4OS/c1-20(2)13-7-5-12(6-8-13)18-19-17-21(3)15-10-9-14(22-4)11-16(15)23-17/h5-11H,1H2,2-4H3/q+2. The molecular weight excluding hydrogens is 308 g/mol. The highest BCUT2D eigenvalue weighted by molar-refractivity contribution is 7.21. The zero-order chi connectivity index (χ0) is 16.4. The SMILES string of the molecule is C=[N+](C)c1ccc(N=Nc2sc3cc(OC)ccc3[n+]2C)cc1. The Hall–Kier alpha value is -2.60. The summed E-state index contributed by atoms with van der Waals surface area (Å²) in [5, 5.41) is 9.54. The Morgan fingerprint density at radius 2 is 1.87 bits per heavy atom. The Morgan fingerprint density at radius 3 is 2.52 bits per heavy atom. The van der Waals surface area contributed by atoms with Crippen LogP contribution in [0, 0.1) is 0 Å². The van der Waals surface area contributed by atoms with Gasteiger partial charge in [-0.15, -0.1) is 0 Å². The Bertz CT molecular complexity index is 897. The van der Waals surface area contributed by atoms with Crippen LogP contribution < -0.4 is 9.30 Å². The summed E-state index contributed by atoms with van der Waals surface area (Å²) < 4.78 is 10.2. The highest BCUT2D eigenvalue weighted by atomic mass is 32.1. The van der Waals surface area contributed by atoms with Crippen LogP contribution in [-0.4, -0.2) is 25.5 Å². The minimum atomic E-state index is 0.811. The predicted molar refractivity (Wildman–Crippen MR) is 93.1 cm³/mol. The van der Waals surface area contributed by atoms with Crippen LogP contribution >= 0.6 is 11.3 Å². The van der Waals surface area contributed by atoms with Crippen LogP contribution in [0.4, 0.5) is 16.5 Å². The molecule has 0 N–H and O–H groups in total. The number of fused-ring (bicyclic) bond motifs is 1. The van der Waals surface area contributed by atoms with Crippen molar-refractivity contribution in [3.8, 4) is 5.75 Å². The second-order valence-corrected chi connectivity index (χ2v) is 6.20. The molecule has 2 aromatic carbocycles. The van der Waals surface area contributed by atoms with E-state index in [9.17, 15) is 0 Å². The second-order valence-electron chi connectivity index (χ2n) is 5.19. The first kappa shape index (κ1) is 15.3. The van der Waals surface area contributed by atoms with Gasteiger partial charge in [-0.3, -0.25) is 0 Å². The molecule has 0 fully saturated rings. The molecule has 0 bridgehead atoms.